The average molecular weight is 345 g/mol. The Labute approximate surface area is 143 Å². The van der Waals surface area contributed by atoms with Crippen molar-refractivity contribution in [1.82, 2.24) is 4.90 Å². The molecule has 25 heavy (non-hydrogen) atoms. The number of aliphatic hydroxyl groups is 1. The van der Waals surface area contributed by atoms with Crippen molar-refractivity contribution < 1.29 is 23.5 Å². The SMILES string of the molecule is O=C1Cc2ccc(C(=O)CO)cc2CN(Cc2cc(F)cc(F)c2)C1. The molecule has 3 rings (SSSR count). The van der Waals surface area contributed by atoms with Crippen LogP contribution in [0.5, 0.6) is 0 Å². The predicted octanol–water partition coefficient (Wildman–Crippen LogP) is 2.27. The van der Waals surface area contributed by atoms with E-state index in [0.717, 1.165) is 17.2 Å². The molecule has 1 aliphatic rings. The van der Waals surface area contributed by atoms with Gasteiger partial charge in [0.25, 0.3) is 0 Å². The minimum atomic E-state index is -0.660. The number of nitrogens with zero attached hydrogens (tertiary/aromatic N) is 1. The van der Waals surface area contributed by atoms with Gasteiger partial charge in [-0.05, 0) is 34.9 Å². The highest BCUT2D eigenvalue weighted by molar-refractivity contribution is 5.97. The summed E-state index contributed by atoms with van der Waals surface area (Å²) >= 11 is 0. The number of carbonyl (C=O) groups is 2. The number of aliphatic hydroxyl groups excluding tert-OH is 1. The number of fused-ring (bicyclic) bond motifs is 1. The van der Waals surface area contributed by atoms with Crippen LogP contribution in [0.2, 0.25) is 0 Å². The maximum Gasteiger partial charge on any atom is 0.188 e. The monoisotopic (exact) mass is 345 g/mol. The first kappa shape index (κ1) is 17.4. The summed E-state index contributed by atoms with van der Waals surface area (Å²) < 4.78 is 26.7. The number of hydrogen-bond acceptors (Lipinski definition) is 4. The van der Waals surface area contributed by atoms with Crippen molar-refractivity contribution in [1.29, 1.82) is 0 Å². The largest absolute Gasteiger partial charge is 0.388 e. The first-order valence-corrected chi connectivity index (χ1v) is 7.89. The molecule has 4 nitrogen and oxygen atoms in total. The third-order valence-electron chi connectivity index (χ3n) is 4.18. The van der Waals surface area contributed by atoms with Crippen LogP contribution in [-0.2, 0) is 24.3 Å². The molecule has 1 heterocycles. The Morgan fingerprint density at radius 2 is 1.76 bits per heavy atom. The highest BCUT2D eigenvalue weighted by atomic mass is 19.1. The Balaban J connectivity index is 1.87. The first-order valence-electron chi connectivity index (χ1n) is 7.89. The molecule has 130 valence electrons. The maximum absolute atomic E-state index is 13.4. The lowest BCUT2D eigenvalue weighted by molar-refractivity contribution is -0.119. The van der Waals surface area contributed by atoms with Crippen molar-refractivity contribution in [3.8, 4) is 0 Å². The second kappa shape index (κ2) is 7.21. The minimum Gasteiger partial charge on any atom is -0.388 e. The Kier molecular flexibility index (Phi) is 5.01. The van der Waals surface area contributed by atoms with E-state index in [9.17, 15) is 18.4 Å². The zero-order chi connectivity index (χ0) is 18.0. The van der Waals surface area contributed by atoms with Gasteiger partial charge >= 0.3 is 0 Å². The van der Waals surface area contributed by atoms with E-state index in [1.807, 2.05) is 0 Å². The van der Waals surface area contributed by atoms with Gasteiger partial charge < -0.3 is 5.11 Å². The summed E-state index contributed by atoms with van der Waals surface area (Å²) in [4.78, 5) is 25.6. The number of halogens is 2. The normalized spacial score (nSPS) is 14.9. The van der Waals surface area contributed by atoms with E-state index in [0.29, 0.717) is 17.7 Å². The molecule has 0 atom stereocenters. The molecule has 2 aromatic carbocycles. The van der Waals surface area contributed by atoms with E-state index in [1.165, 1.54) is 12.1 Å². The van der Waals surface area contributed by atoms with E-state index < -0.39 is 24.0 Å². The maximum atomic E-state index is 13.4. The highest BCUT2D eigenvalue weighted by Gasteiger charge is 2.21. The molecule has 0 aromatic heterocycles. The van der Waals surface area contributed by atoms with Gasteiger partial charge in [-0.3, -0.25) is 14.5 Å². The highest BCUT2D eigenvalue weighted by Crippen LogP contribution is 2.21. The van der Waals surface area contributed by atoms with Gasteiger partial charge in [0.15, 0.2) is 11.6 Å². The van der Waals surface area contributed by atoms with Crippen molar-refractivity contribution >= 4 is 11.6 Å². The van der Waals surface area contributed by atoms with Crippen LogP contribution in [-0.4, -0.2) is 34.7 Å². The summed E-state index contributed by atoms with van der Waals surface area (Å²) in [6.07, 6.45) is 0.247. The summed E-state index contributed by atoms with van der Waals surface area (Å²) in [5.74, 6) is -1.71. The van der Waals surface area contributed by atoms with Crippen LogP contribution in [0.15, 0.2) is 36.4 Å². The topological polar surface area (TPSA) is 57.6 Å². The first-order chi connectivity index (χ1) is 11.9. The summed E-state index contributed by atoms with van der Waals surface area (Å²) in [5.41, 5.74) is 2.46. The molecule has 0 unspecified atom stereocenters. The number of rotatable bonds is 4. The lowest BCUT2D eigenvalue weighted by Crippen LogP contribution is -2.27. The Bertz CT molecular complexity index is 815. The van der Waals surface area contributed by atoms with Crippen LogP contribution in [0.4, 0.5) is 8.78 Å². The van der Waals surface area contributed by atoms with E-state index >= 15 is 0 Å². The third kappa shape index (κ3) is 4.15. The van der Waals surface area contributed by atoms with Gasteiger partial charge in [-0.2, -0.15) is 0 Å². The van der Waals surface area contributed by atoms with Crippen LogP contribution >= 0.6 is 0 Å². The lowest BCUT2D eigenvalue weighted by atomic mass is 9.99. The molecule has 0 amide bonds. The van der Waals surface area contributed by atoms with Gasteiger partial charge in [0.1, 0.15) is 18.2 Å². The zero-order valence-electron chi connectivity index (χ0n) is 13.5. The molecular weight excluding hydrogens is 328 g/mol. The molecule has 0 spiro atoms. The third-order valence-corrected chi connectivity index (χ3v) is 4.18. The smallest absolute Gasteiger partial charge is 0.188 e. The number of benzene rings is 2. The van der Waals surface area contributed by atoms with Crippen LogP contribution in [0.1, 0.15) is 27.0 Å². The van der Waals surface area contributed by atoms with E-state index in [4.69, 9.17) is 5.11 Å². The van der Waals surface area contributed by atoms with Crippen molar-refractivity contribution in [2.24, 2.45) is 0 Å². The van der Waals surface area contributed by atoms with Crippen molar-refractivity contribution in [3.05, 3.63) is 70.3 Å². The molecule has 6 heteroatoms. The van der Waals surface area contributed by atoms with Gasteiger partial charge in [-0.25, -0.2) is 8.78 Å². The summed E-state index contributed by atoms with van der Waals surface area (Å²) in [6, 6.07) is 8.28. The fourth-order valence-corrected chi connectivity index (χ4v) is 3.10. The Hall–Kier alpha value is -2.44. The summed E-state index contributed by atoms with van der Waals surface area (Å²) in [7, 11) is 0. The van der Waals surface area contributed by atoms with Gasteiger partial charge in [-0.15, -0.1) is 0 Å². The Morgan fingerprint density at radius 1 is 1.04 bits per heavy atom. The fraction of sp³-hybridized carbons (Fsp3) is 0.263. The number of ketones is 2. The minimum absolute atomic E-state index is 0.00291. The molecule has 1 N–H and O–H groups in total. The van der Waals surface area contributed by atoms with Crippen molar-refractivity contribution in [2.75, 3.05) is 13.2 Å². The molecular formula is C19H17F2NO3. The fourth-order valence-electron chi connectivity index (χ4n) is 3.10. The standard InChI is InChI=1S/C19H17F2NO3/c20-16-3-12(4-17(21)7-16)8-22-9-15-5-14(19(25)11-23)2-1-13(15)6-18(24)10-22/h1-5,7,23H,6,8-11H2. The molecule has 1 aliphatic heterocycles. The number of Topliss-reactive ketones (excluding diaryl/α,β-unsaturated/α-hetero) is 2. The molecule has 0 fully saturated rings. The summed E-state index contributed by atoms with van der Waals surface area (Å²) in [5, 5.41) is 9.00. The van der Waals surface area contributed by atoms with Crippen molar-refractivity contribution in [3.63, 3.8) is 0 Å². The van der Waals surface area contributed by atoms with Crippen LogP contribution in [0, 0.1) is 11.6 Å². The molecule has 0 saturated heterocycles. The number of hydrogen-bond donors (Lipinski definition) is 1. The van der Waals surface area contributed by atoms with E-state index in [2.05, 4.69) is 0 Å². The van der Waals surface area contributed by atoms with Crippen LogP contribution in [0.25, 0.3) is 0 Å². The van der Waals surface area contributed by atoms with Gasteiger partial charge in [-0.1, -0.05) is 12.1 Å². The van der Waals surface area contributed by atoms with E-state index in [-0.39, 0.29) is 25.3 Å². The van der Waals surface area contributed by atoms with Gasteiger partial charge in [0.05, 0.1) is 6.54 Å². The second-order valence-electron chi connectivity index (χ2n) is 6.20. The van der Waals surface area contributed by atoms with Gasteiger partial charge in [0, 0.05) is 31.1 Å². The average Bonchev–Trinajstić information content (AvgIpc) is 2.69. The molecule has 0 aliphatic carbocycles. The second-order valence-corrected chi connectivity index (χ2v) is 6.20. The molecule has 0 saturated carbocycles. The zero-order valence-corrected chi connectivity index (χ0v) is 13.5. The lowest BCUT2D eigenvalue weighted by Gasteiger charge is -2.20. The predicted molar refractivity (Wildman–Crippen MR) is 87.0 cm³/mol. The quantitative estimate of drug-likeness (QED) is 0.864. The van der Waals surface area contributed by atoms with Gasteiger partial charge in [0.2, 0.25) is 0 Å². The number of carbonyl (C=O) groups excluding carboxylic acids is 2. The molecule has 2 aromatic rings. The molecule has 0 bridgehead atoms. The van der Waals surface area contributed by atoms with Crippen LogP contribution < -0.4 is 0 Å². The summed E-state index contributed by atoms with van der Waals surface area (Å²) in [6.45, 7) is 0.184. The van der Waals surface area contributed by atoms with E-state index in [1.54, 1.807) is 23.1 Å². The van der Waals surface area contributed by atoms with Crippen LogP contribution in [0.3, 0.4) is 0 Å². The molecule has 0 radical (unpaired) electrons. The Morgan fingerprint density at radius 3 is 2.44 bits per heavy atom. The van der Waals surface area contributed by atoms with Crippen molar-refractivity contribution in [2.45, 2.75) is 19.5 Å².